The summed E-state index contributed by atoms with van der Waals surface area (Å²) >= 11 is 0. The Labute approximate surface area is 113 Å². The number of amides is 1. The van der Waals surface area contributed by atoms with E-state index in [2.05, 4.69) is 10.2 Å². The molecule has 1 amide bonds. The molecular formula is C13H21N5O. The molecule has 104 valence electrons. The second-order valence-corrected chi connectivity index (χ2v) is 5.03. The van der Waals surface area contributed by atoms with E-state index in [1.54, 1.807) is 11.1 Å². The summed E-state index contributed by atoms with van der Waals surface area (Å²) < 4.78 is 0. The maximum absolute atomic E-state index is 12.2. The number of hydrogen-bond donors (Lipinski definition) is 2. The summed E-state index contributed by atoms with van der Waals surface area (Å²) in [5.74, 6) is -0.164. The summed E-state index contributed by atoms with van der Waals surface area (Å²) in [5.41, 5.74) is 5.72. The second kappa shape index (κ2) is 6.55. The molecule has 1 aliphatic heterocycles. The van der Waals surface area contributed by atoms with Gasteiger partial charge in [0.05, 0.1) is 0 Å². The Kier molecular flexibility index (Phi) is 4.77. The first kappa shape index (κ1) is 13.8. The van der Waals surface area contributed by atoms with Crippen LogP contribution >= 0.6 is 0 Å². The van der Waals surface area contributed by atoms with Crippen molar-refractivity contribution in [2.24, 2.45) is 5.73 Å². The molecule has 0 aromatic rings. The van der Waals surface area contributed by atoms with E-state index in [0.717, 1.165) is 32.5 Å². The highest BCUT2D eigenvalue weighted by Gasteiger charge is 2.24. The van der Waals surface area contributed by atoms with Crippen LogP contribution in [0.15, 0.2) is 11.8 Å². The Balaban J connectivity index is 1.85. The zero-order chi connectivity index (χ0) is 13.7. The third-order valence-electron chi connectivity index (χ3n) is 3.50. The summed E-state index contributed by atoms with van der Waals surface area (Å²) in [6.07, 6.45) is 3.83. The van der Waals surface area contributed by atoms with Gasteiger partial charge in [0.1, 0.15) is 11.6 Å². The summed E-state index contributed by atoms with van der Waals surface area (Å²) in [6.45, 7) is 4.51. The van der Waals surface area contributed by atoms with Gasteiger partial charge in [0.2, 0.25) is 0 Å². The molecule has 0 spiro atoms. The van der Waals surface area contributed by atoms with Crippen LogP contribution in [-0.4, -0.2) is 61.0 Å². The molecular weight excluding hydrogens is 242 g/mol. The summed E-state index contributed by atoms with van der Waals surface area (Å²) in [6, 6.07) is 2.45. The second-order valence-electron chi connectivity index (χ2n) is 5.03. The zero-order valence-corrected chi connectivity index (χ0v) is 11.1. The van der Waals surface area contributed by atoms with E-state index < -0.39 is 0 Å². The maximum atomic E-state index is 12.2. The molecule has 0 unspecified atom stereocenters. The smallest absolute Gasteiger partial charge is 0.266 e. The van der Waals surface area contributed by atoms with Crippen LogP contribution in [0, 0.1) is 11.3 Å². The Morgan fingerprint density at radius 2 is 2.05 bits per heavy atom. The van der Waals surface area contributed by atoms with Gasteiger partial charge >= 0.3 is 0 Å². The van der Waals surface area contributed by atoms with Gasteiger partial charge in [-0.2, -0.15) is 5.26 Å². The predicted octanol–water partition coefficient (Wildman–Crippen LogP) is -0.751. The van der Waals surface area contributed by atoms with Crippen molar-refractivity contribution in [1.82, 2.24) is 15.1 Å². The van der Waals surface area contributed by atoms with E-state index >= 15 is 0 Å². The van der Waals surface area contributed by atoms with Gasteiger partial charge in [0.15, 0.2) is 0 Å². The highest BCUT2D eigenvalue weighted by atomic mass is 16.2. The minimum atomic E-state index is -0.164. The minimum absolute atomic E-state index is 0.164. The molecule has 1 heterocycles. The highest BCUT2D eigenvalue weighted by molar-refractivity contribution is 5.97. The third-order valence-corrected chi connectivity index (χ3v) is 3.50. The summed E-state index contributed by atoms with van der Waals surface area (Å²) in [5, 5.41) is 12.2. The lowest BCUT2D eigenvalue weighted by Crippen LogP contribution is -2.50. The van der Waals surface area contributed by atoms with E-state index in [-0.39, 0.29) is 11.5 Å². The van der Waals surface area contributed by atoms with Crippen LogP contribution in [0.3, 0.4) is 0 Å². The number of nitrogens with zero attached hydrogens (tertiary/aromatic N) is 3. The number of hydrogen-bond acceptors (Lipinski definition) is 5. The first-order valence-corrected chi connectivity index (χ1v) is 6.82. The van der Waals surface area contributed by atoms with E-state index in [1.165, 1.54) is 0 Å². The maximum Gasteiger partial charge on any atom is 0.266 e. The lowest BCUT2D eigenvalue weighted by Gasteiger charge is -2.34. The standard InChI is InChI=1S/C13H21N5O/c14-3-4-17-5-7-18(8-6-17)13(19)11(9-15)10-16-12-1-2-12/h10,12,16H,1-8,14H2/b11-10-. The molecule has 3 N–H and O–H groups in total. The van der Waals surface area contributed by atoms with Crippen LogP contribution < -0.4 is 11.1 Å². The van der Waals surface area contributed by atoms with Crippen molar-refractivity contribution in [1.29, 1.82) is 5.26 Å². The molecule has 2 rings (SSSR count). The number of rotatable bonds is 5. The van der Waals surface area contributed by atoms with Gasteiger partial charge in [0, 0.05) is 51.5 Å². The molecule has 0 bridgehead atoms. The van der Waals surface area contributed by atoms with Gasteiger partial charge in [0.25, 0.3) is 5.91 Å². The Bertz CT molecular complexity index is 388. The lowest BCUT2D eigenvalue weighted by molar-refractivity contribution is -0.128. The van der Waals surface area contributed by atoms with Gasteiger partial charge in [-0.15, -0.1) is 0 Å². The van der Waals surface area contributed by atoms with Gasteiger partial charge in [-0.25, -0.2) is 0 Å². The monoisotopic (exact) mass is 263 g/mol. The van der Waals surface area contributed by atoms with Crippen molar-refractivity contribution in [2.75, 3.05) is 39.3 Å². The van der Waals surface area contributed by atoms with Gasteiger partial charge in [-0.05, 0) is 12.8 Å². The number of carbonyl (C=O) groups excluding carboxylic acids is 1. The topological polar surface area (TPSA) is 85.4 Å². The molecule has 0 radical (unpaired) electrons. The first-order chi connectivity index (χ1) is 9.24. The third kappa shape index (κ3) is 3.94. The van der Waals surface area contributed by atoms with Crippen LogP contribution in [0.5, 0.6) is 0 Å². The van der Waals surface area contributed by atoms with Crippen molar-refractivity contribution >= 4 is 5.91 Å². The van der Waals surface area contributed by atoms with E-state index in [1.807, 2.05) is 6.07 Å². The van der Waals surface area contributed by atoms with Gasteiger partial charge in [-0.3, -0.25) is 9.69 Å². The molecule has 1 aliphatic carbocycles. The van der Waals surface area contributed by atoms with Crippen LogP contribution in [-0.2, 0) is 4.79 Å². The first-order valence-electron chi connectivity index (χ1n) is 6.82. The largest absolute Gasteiger partial charge is 0.387 e. The zero-order valence-electron chi connectivity index (χ0n) is 11.1. The molecule has 2 aliphatic rings. The normalized spacial score (nSPS) is 21.1. The molecule has 1 saturated carbocycles. The Hall–Kier alpha value is -1.58. The van der Waals surface area contributed by atoms with E-state index in [4.69, 9.17) is 11.0 Å². The number of nitriles is 1. The fourth-order valence-corrected chi connectivity index (χ4v) is 2.12. The average Bonchev–Trinajstić information content (AvgIpc) is 3.24. The molecule has 0 aromatic heterocycles. The van der Waals surface area contributed by atoms with Crippen molar-refractivity contribution in [3.05, 3.63) is 11.8 Å². The van der Waals surface area contributed by atoms with Crippen LogP contribution in [0.25, 0.3) is 0 Å². The van der Waals surface area contributed by atoms with Crippen molar-refractivity contribution in [3.63, 3.8) is 0 Å². The Morgan fingerprint density at radius 1 is 1.37 bits per heavy atom. The molecule has 6 nitrogen and oxygen atoms in total. The molecule has 2 fully saturated rings. The number of nitrogens with one attached hydrogen (secondary N) is 1. The van der Waals surface area contributed by atoms with Crippen molar-refractivity contribution in [2.45, 2.75) is 18.9 Å². The molecule has 6 heteroatoms. The predicted molar refractivity (Wildman–Crippen MR) is 71.9 cm³/mol. The average molecular weight is 263 g/mol. The van der Waals surface area contributed by atoms with Crippen LogP contribution in [0.1, 0.15) is 12.8 Å². The highest BCUT2D eigenvalue weighted by Crippen LogP contribution is 2.18. The van der Waals surface area contributed by atoms with E-state index in [9.17, 15) is 4.79 Å². The molecule has 0 atom stereocenters. The fraction of sp³-hybridized carbons (Fsp3) is 0.692. The van der Waals surface area contributed by atoms with Crippen LogP contribution in [0.2, 0.25) is 0 Å². The van der Waals surface area contributed by atoms with Crippen molar-refractivity contribution in [3.8, 4) is 6.07 Å². The van der Waals surface area contributed by atoms with Crippen LogP contribution in [0.4, 0.5) is 0 Å². The van der Waals surface area contributed by atoms with E-state index in [0.29, 0.717) is 25.7 Å². The number of nitrogens with two attached hydrogens (primary N) is 1. The quantitative estimate of drug-likeness (QED) is 0.503. The number of piperazine rings is 1. The SMILES string of the molecule is N#C/C(=C/NC1CC1)C(=O)N1CCN(CCN)CC1. The fourth-order valence-electron chi connectivity index (χ4n) is 2.12. The van der Waals surface area contributed by atoms with Gasteiger partial charge < -0.3 is 16.0 Å². The minimum Gasteiger partial charge on any atom is -0.387 e. The van der Waals surface area contributed by atoms with Gasteiger partial charge in [-0.1, -0.05) is 0 Å². The summed E-state index contributed by atoms with van der Waals surface area (Å²) in [4.78, 5) is 16.2. The molecule has 0 aromatic carbocycles. The molecule has 19 heavy (non-hydrogen) atoms. The summed E-state index contributed by atoms with van der Waals surface area (Å²) in [7, 11) is 0. The lowest BCUT2D eigenvalue weighted by atomic mass is 10.2. The Morgan fingerprint density at radius 3 is 2.58 bits per heavy atom. The molecule has 1 saturated heterocycles. The van der Waals surface area contributed by atoms with Crippen molar-refractivity contribution < 1.29 is 4.79 Å². The number of carbonyl (C=O) groups is 1.